The lowest BCUT2D eigenvalue weighted by Gasteiger charge is -2.26. The van der Waals surface area contributed by atoms with Crippen molar-refractivity contribution in [1.29, 1.82) is 0 Å². The highest BCUT2D eigenvalue weighted by molar-refractivity contribution is 6.26. The Bertz CT molecular complexity index is 2290. The maximum absolute atomic E-state index is 6.37. The molecule has 0 saturated carbocycles. The largest absolute Gasteiger partial charge is 0.456 e. The monoisotopic (exact) mass is 551 g/mol. The standard InChI is InChI=1S/C40H25NO2/c1-3-9-26(10-4-1)27-17-21-30(22-18-27)41(29-11-5-2-6-12-29)31-23-19-28(20-24-31)33-25-37-40-38-32(33)13-7-14-34(38)42-35-15-8-16-36(43-37)39(35)40/h1-25H. The van der Waals surface area contributed by atoms with Gasteiger partial charge in [0.1, 0.15) is 22.7 Å². The molecule has 1 aromatic heterocycles. The normalized spacial score (nSPS) is 11.9. The van der Waals surface area contributed by atoms with E-state index in [1.165, 1.54) is 11.1 Å². The summed E-state index contributed by atoms with van der Waals surface area (Å²) in [5.41, 5.74) is 9.70. The second kappa shape index (κ2) is 9.37. The molecule has 0 spiro atoms. The van der Waals surface area contributed by atoms with Crippen molar-refractivity contribution in [3.63, 3.8) is 0 Å². The fraction of sp³-hybridized carbons (Fsp3) is 0. The average Bonchev–Trinajstić information content (AvgIpc) is 3.46. The topological polar surface area (TPSA) is 25.6 Å². The van der Waals surface area contributed by atoms with Crippen molar-refractivity contribution in [1.82, 2.24) is 0 Å². The third-order valence-corrected chi connectivity index (χ3v) is 8.45. The molecule has 0 unspecified atom stereocenters. The summed E-state index contributed by atoms with van der Waals surface area (Å²) in [4.78, 5) is 2.30. The number of furan rings is 1. The molecule has 0 bridgehead atoms. The van der Waals surface area contributed by atoms with E-state index in [1.807, 2.05) is 30.3 Å². The predicted octanol–water partition coefficient (Wildman–Crippen LogP) is 11.6. The van der Waals surface area contributed by atoms with Crippen LogP contribution < -0.4 is 9.64 Å². The minimum atomic E-state index is 0.853. The van der Waals surface area contributed by atoms with E-state index in [1.54, 1.807) is 0 Å². The number of para-hydroxylation sites is 1. The molecule has 3 nitrogen and oxygen atoms in total. The summed E-state index contributed by atoms with van der Waals surface area (Å²) in [7, 11) is 0. The van der Waals surface area contributed by atoms with Crippen LogP contribution in [0.1, 0.15) is 0 Å². The van der Waals surface area contributed by atoms with Crippen LogP contribution in [0.5, 0.6) is 11.5 Å². The van der Waals surface area contributed by atoms with Gasteiger partial charge in [-0.1, -0.05) is 91.0 Å². The molecule has 3 heteroatoms. The molecule has 0 amide bonds. The van der Waals surface area contributed by atoms with E-state index in [-0.39, 0.29) is 0 Å². The van der Waals surface area contributed by atoms with Crippen LogP contribution in [-0.4, -0.2) is 0 Å². The molecule has 1 aliphatic heterocycles. The molecule has 0 atom stereocenters. The lowest BCUT2D eigenvalue weighted by molar-refractivity contribution is 0.492. The van der Waals surface area contributed by atoms with Crippen LogP contribution >= 0.6 is 0 Å². The smallest absolute Gasteiger partial charge is 0.139 e. The zero-order valence-electron chi connectivity index (χ0n) is 23.2. The summed E-state index contributed by atoms with van der Waals surface area (Å²) in [5.74, 6) is 1.72. The Morgan fingerprint density at radius 2 is 0.977 bits per heavy atom. The van der Waals surface area contributed by atoms with Gasteiger partial charge in [-0.05, 0) is 88.3 Å². The van der Waals surface area contributed by atoms with Gasteiger partial charge in [0.05, 0.1) is 5.39 Å². The Morgan fingerprint density at radius 3 is 1.70 bits per heavy atom. The number of nitrogens with zero attached hydrogens (tertiary/aromatic N) is 1. The lowest BCUT2D eigenvalue weighted by Crippen LogP contribution is -2.09. The summed E-state index contributed by atoms with van der Waals surface area (Å²) in [6.07, 6.45) is 0. The van der Waals surface area contributed by atoms with Crippen LogP contribution in [-0.2, 0) is 0 Å². The molecular formula is C40H25NO2. The van der Waals surface area contributed by atoms with E-state index in [4.69, 9.17) is 9.15 Å². The summed E-state index contributed by atoms with van der Waals surface area (Å²) in [5, 5.41) is 4.46. The van der Waals surface area contributed by atoms with Gasteiger partial charge >= 0.3 is 0 Å². The SMILES string of the molecule is c1ccc(-c2ccc(N(c3ccccc3)c3ccc(-c4cc5oc6cccc7c6c5c5c(cccc45)O7)cc3)cc2)cc1. The van der Waals surface area contributed by atoms with Gasteiger partial charge in [0, 0.05) is 27.8 Å². The molecule has 0 radical (unpaired) electrons. The van der Waals surface area contributed by atoms with E-state index < -0.39 is 0 Å². The van der Waals surface area contributed by atoms with Crippen molar-refractivity contribution in [3.05, 3.63) is 152 Å². The molecule has 7 aromatic carbocycles. The summed E-state index contributed by atoms with van der Waals surface area (Å²) >= 11 is 0. The maximum Gasteiger partial charge on any atom is 0.139 e. The Morgan fingerprint density at radius 1 is 0.395 bits per heavy atom. The maximum atomic E-state index is 6.37. The molecule has 0 saturated heterocycles. The van der Waals surface area contributed by atoms with Crippen LogP contribution in [0.2, 0.25) is 0 Å². The summed E-state index contributed by atoms with van der Waals surface area (Å²) < 4.78 is 12.7. The van der Waals surface area contributed by atoms with E-state index in [2.05, 4.69) is 126 Å². The van der Waals surface area contributed by atoms with E-state index in [0.29, 0.717) is 0 Å². The highest BCUT2D eigenvalue weighted by Gasteiger charge is 2.24. The first-order chi connectivity index (χ1) is 21.3. The van der Waals surface area contributed by atoms with Crippen molar-refractivity contribution >= 4 is 49.8 Å². The molecule has 1 aliphatic rings. The van der Waals surface area contributed by atoms with Gasteiger partial charge in [0.2, 0.25) is 0 Å². The minimum absolute atomic E-state index is 0.853. The van der Waals surface area contributed by atoms with Gasteiger partial charge in [0.25, 0.3) is 0 Å². The Kier molecular flexibility index (Phi) is 5.20. The van der Waals surface area contributed by atoms with Crippen molar-refractivity contribution in [2.75, 3.05) is 4.90 Å². The number of hydrogen-bond donors (Lipinski definition) is 0. The minimum Gasteiger partial charge on any atom is -0.456 e. The van der Waals surface area contributed by atoms with Crippen LogP contribution in [0.25, 0.3) is 55.0 Å². The molecule has 0 aliphatic carbocycles. The second-order valence-electron chi connectivity index (χ2n) is 10.9. The van der Waals surface area contributed by atoms with Crippen LogP contribution in [0, 0.1) is 0 Å². The first-order valence-electron chi connectivity index (χ1n) is 14.5. The first kappa shape index (κ1) is 23.9. The lowest BCUT2D eigenvalue weighted by atomic mass is 9.93. The quantitative estimate of drug-likeness (QED) is 0.213. The Labute approximate surface area is 248 Å². The van der Waals surface area contributed by atoms with Crippen molar-refractivity contribution < 1.29 is 9.15 Å². The summed E-state index contributed by atoms with van der Waals surface area (Å²) in [6, 6.07) is 53.1. The number of benzene rings is 7. The van der Waals surface area contributed by atoms with Gasteiger partial charge in [-0.3, -0.25) is 0 Å². The van der Waals surface area contributed by atoms with E-state index in [9.17, 15) is 0 Å². The summed E-state index contributed by atoms with van der Waals surface area (Å²) in [6.45, 7) is 0. The highest BCUT2D eigenvalue weighted by atomic mass is 16.5. The first-order valence-corrected chi connectivity index (χ1v) is 14.5. The molecule has 202 valence electrons. The molecule has 8 aromatic rings. The molecule has 0 fully saturated rings. The predicted molar refractivity (Wildman–Crippen MR) is 177 cm³/mol. The zero-order valence-corrected chi connectivity index (χ0v) is 23.2. The van der Waals surface area contributed by atoms with Gasteiger partial charge in [0.15, 0.2) is 0 Å². The van der Waals surface area contributed by atoms with Crippen molar-refractivity contribution in [2.45, 2.75) is 0 Å². The number of ether oxygens (including phenoxy) is 1. The zero-order chi connectivity index (χ0) is 28.3. The molecule has 9 rings (SSSR count). The van der Waals surface area contributed by atoms with E-state index in [0.717, 1.165) is 72.4 Å². The molecular weight excluding hydrogens is 526 g/mol. The third-order valence-electron chi connectivity index (χ3n) is 8.45. The van der Waals surface area contributed by atoms with Gasteiger partial charge in [-0.25, -0.2) is 0 Å². The van der Waals surface area contributed by atoms with Gasteiger partial charge in [-0.15, -0.1) is 0 Å². The Hall–Kier alpha value is -5.80. The number of anilines is 3. The van der Waals surface area contributed by atoms with Crippen LogP contribution in [0.3, 0.4) is 0 Å². The van der Waals surface area contributed by atoms with Crippen LogP contribution in [0.15, 0.2) is 156 Å². The van der Waals surface area contributed by atoms with E-state index >= 15 is 0 Å². The molecule has 2 heterocycles. The average molecular weight is 552 g/mol. The van der Waals surface area contributed by atoms with Gasteiger partial charge in [-0.2, -0.15) is 0 Å². The Balaban J connectivity index is 1.16. The highest BCUT2D eigenvalue weighted by Crippen LogP contribution is 2.50. The fourth-order valence-corrected chi connectivity index (χ4v) is 6.48. The van der Waals surface area contributed by atoms with Crippen LogP contribution in [0.4, 0.5) is 17.1 Å². The molecule has 0 N–H and O–H groups in total. The number of hydrogen-bond acceptors (Lipinski definition) is 3. The van der Waals surface area contributed by atoms with Gasteiger partial charge < -0.3 is 14.1 Å². The second-order valence-corrected chi connectivity index (χ2v) is 10.9. The van der Waals surface area contributed by atoms with Crippen molar-refractivity contribution in [3.8, 4) is 33.8 Å². The van der Waals surface area contributed by atoms with Crippen molar-refractivity contribution in [2.24, 2.45) is 0 Å². The molecule has 43 heavy (non-hydrogen) atoms. The number of rotatable bonds is 5. The fourth-order valence-electron chi connectivity index (χ4n) is 6.48. The third kappa shape index (κ3) is 3.75.